The van der Waals surface area contributed by atoms with E-state index in [4.69, 9.17) is 4.74 Å². The van der Waals surface area contributed by atoms with Crippen LogP contribution in [0.5, 0.6) is 5.75 Å². The van der Waals surface area contributed by atoms with Gasteiger partial charge in [-0.1, -0.05) is 24.3 Å². The van der Waals surface area contributed by atoms with Gasteiger partial charge in [-0.3, -0.25) is 0 Å². The molecule has 0 radical (unpaired) electrons. The second-order valence-corrected chi connectivity index (χ2v) is 5.44. The third kappa shape index (κ3) is 4.94. The van der Waals surface area contributed by atoms with Crippen LogP contribution in [0.15, 0.2) is 42.5 Å². The molecule has 0 unspecified atom stereocenters. The molecule has 0 aliphatic rings. The van der Waals surface area contributed by atoms with Crippen LogP contribution in [0.4, 0.5) is 13.6 Å². The summed E-state index contributed by atoms with van der Waals surface area (Å²) in [6.45, 7) is 2.92. The molecule has 0 aromatic heterocycles. The Morgan fingerprint density at radius 2 is 1.92 bits per heavy atom. The molecule has 1 N–H and O–H groups in total. The number of hydrogen-bond donors (Lipinski definition) is 1. The molecule has 24 heavy (non-hydrogen) atoms. The number of ether oxygens (including phenoxy) is 1. The highest BCUT2D eigenvalue weighted by Gasteiger charge is 2.09. The van der Waals surface area contributed by atoms with Gasteiger partial charge in [-0.25, -0.2) is 13.6 Å². The van der Waals surface area contributed by atoms with E-state index in [0.29, 0.717) is 6.54 Å². The lowest BCUT2D eigenvalue weighted by Gasteiger charge is -2.19. The van der Waals surface area contributed by atoms with Crippen molar-refractivity contribution in [3.8, 4) is 5.75 Å². The Morgan fingerprint density at radius 3 is 2.62 bits per heavy atom. The highest BCUT2D eigenvalue weighted by Crippen LogP contribution is 2.15. The molecule has 6 heteroatoms. The molecule has 2 aromatic carbocycles. The fraction of sp³-hybridized carbons (Fsp3) is 0.278. The minimum Gasteiger partial charge on any atom is -0.492 e. The SMILES string of the molecule is Cc1ccccc1CN(C)C(=O)NCCOc1ccc(F)c(F)c1. The van der Waals surface area contributed by atoms with Crippen LogP contribution in [0.2, 0.25) is 0 Å². The van der Waals surface area contributed by atoms with Gasteiger partial charge in [0.1, 0.15) is 12.4 Å². The molecule has 0 atom stereocenters. The quantitative estimate of drug-likeness (QED) is 0.822. The Morgan fingerprint density at radius 1 is 1.17 bits per heavy atom. The number of hydrogen-bond acceptors (Lipinski definition) is 2. The molecule has 4 nitrogen and oxygen atoms in total. The van der Waals surface area contributed by atoms with Crippen molar-refractivity contribution in [2.24, 2.45) is 0 Å². The molecule has 0 aliphatic heterocycles. The van der Waals surface area contributed by atoms with Gasteiger partial charge in [-0.15, -0.1) is 0 Å². The fourth-order valence-electron chi connectivity index (χ4n) is 2.14. The van der Waals surface area contributed by atoms with Crippen LogP contribution in [0.3, 0.4) is 0 Å². The number of rotatable bonds is 6. The first-order valence-electron chi connectivity index (χ1n) is 7.58. The van der Waals surface area contributed by atoms with Crippen LogP contribution in [-0.4, -0.2) is 31.1 Å². The molecule has 128 valence electrons. The van der Waals surface area contributed by atoms with E-state index in [-0.39, 0.29) is 24.9 Å². The van der Waals surface area contributed by atoms with Gasteiger partial charge in [0.2, 0.25) is 0 Å². The molecule has 2 rings (SSSR count). The van der Waals surface area contributed by atoms with Crippen molar-refractivity contribution in [2.45, 2.75) is 13.5 Å². The van der Waals surface area contributed by atoms with Gasteiger partial charge in [0.05, 0.1) is 6.54 Å². The summed E-state index contributed by atoms with van der Waals surface area (Å²) in [5.41, 5.74) is 2.20. The standard InChI is InChI=1S/C18H20F2N2O2/c1-13-5-3-4-6-14(13)12-22(2)18(23)21-9-10-24-15-7-8-16(19)17(20)11-15/h3-8,11H,9-10,12H2,1-2H3,(H,21,23). The Hall–Kier alpha value is -2.63. The van der Waals surface area contributed by atoms with Gasteiger partial charge in [0.25, 0.3) is 0 Å². The first kappa shape index (κ1) is 17.7. The maximum atomic E-state index is 13.0. The second kappa shape index (κ2) is 8.29. The number of amides is 2. The van der Waals surface area contributed by atoms with E-state index in [1.165, 1.54) is 6.07 Å². The Kier molecular flexibility index (Phi) is 6.12. The molecular formula is C18H20F2N2O2. The van der Waals surface area contributed by atoms with Crippen LogP contribution in [0.1, 0.15) is 11.1 Å². The summed E-state index contributed by atoms with van der Waals surface area (Å²) in [6.07, 6.45) is 0. The molecule has 0 saturated carbocycles. The third-order valence-corrected chi connectivity index (χ3v) is 3.55. The van der Waals surface area contributed by atoms with Gasteiger partial charge in [-0.05, 0) is 30.2 Å². The van der Waals surface area contributed by atoms with Crippen molar-refractivity contribution in [3.63, 3.8) is 0 Å². The van der Waals surface area contributed by atoms with Crippen LogP contribution in [-0.2, 0) is 6.54 Å². The van der Waals surface area contributed by atoms with Gasteiger partial charge in [0, 0.05) is 19.7 Å². The highest BCUT2D eigenvalue weighted by molar-refractivity contribution is 5.73. The first-order chi connectivity index (χ1) is 11.5. The lowest BCUT2D eigenvalue weighted by Crippen LogP contribution is -2.38. The Labute approximate surface area is 140 Å². The summed E-state index contributed by atoms with van der Waals surface area (Å²) in [5.74, 6) is -1.67. The average Bonchev–Trinajstić information content (AvgIpc) is 2.56. The fourth-order valence-corrected chi connectivity index (χ4v) is 2.14. The van der Waals surface area contributed by atoms with Gasteiger partial charge in [0.15, 0.2) is 11.6 Å². The topological polar surface area (TPSA) is 41.6 Å². The highest BCUT2D eigenvalue weighted by atomic mass is 19.2. The lowest BCUT2D eigenvalue weighted by molar-refractivity contribution is 0.203. The summed E-state index contributed by atoms with van der Waals surface area (Å²) in [6, 6.07) is 10.9. The van der Waals surface area contributed by atoms with Crippen LogP contribution in [0.25, 0.3) is 0 Å². The molecule has 0 fully saturated rings. The van der Waals surface area contributed by atoms with Crippen LogP contribution in [0, 0.1) is 18.6 Å². The van der Waals surface area contributed by atoms with Crippen molar-refractivity contribution in [1.82, 2.24) is 10.2 Å². The van der Waals surface area contributed by atoms with E-state index in [1.807, 2.05) is 31.2 Å². The molecule has 0 aliphatic carbocycles. The first-order valence-corrected chi connectivity index (χ1v) is 7.58. The second-order valence-electron chi connectivity index (χ2n) is 5.44. The molecule has 0 spiro atoms. The lowest BCUT2D eigenvalue weighted by atomic mass is 10.1. The van der Waals surface area contributed by atoms with E-state index >= 15 is 0 Å². The summed E-state index contributed by atoms with van der Waals surface area (Å²) < 4.78 is 31.1. The van der Waals surface area contributed by atoms with Gasteiger partial charge in [-0.2, -0.15) is 0 Å². The molecule has 2 aromatic rings. The Balaban J connectivity index is 1.74. The van der Waals surface area contributed by atoms with E-state index in [0.717, 1.165) is 23.3 Å². The predicted octanol–water partition coefficient (Wildman–Crippen LogP) is 3.49. The summed E-state index contributed by atoms with van der Waals surface area (Å²) in [7, 11) is 1.71. The maximum absolute atomic E-state index is 13.0. The van der Waals surface area contributed by atoms with Crippen LogP contribution < -0.4 is 10.1 Å². The maximum Gasteiger partial charge on any atom is 0.317 e. The van der Waals surface area contributed by atoms with Gasteiger partial charge >= 0.3 is 6.03 Å². The number of urea groups is 1. The monoisotopic (exact) mass is 334 g/mol. The minimum atomic E-state index is -0.963. The number of nitrogens with one attached hydrogen (secondary N) is 1. The van der Waals surface area contributed by atoms with Crippen molar-refractivity contribution in [3.05, 3.63) is 65.2 Å². The number of halogens is 2. The minimum absolute atomic E-state index is 0.162. The predicted molar refractivity (Wildman–Crippen MR) is 87.9 cm³/mol. The largest absolute Gasteiger partial charge is 0.492 e. The van der Waals surface area contributed by atoms with Crippen molar-refractivity contribution in [1.29, 1.82) is 0 Å². The summed E-state index contributed by atoms with van der Waals surface area (Å²) in [4.78, 5) is 13.6. The average molecular weight is 334 g/mol. The zero-order valence-corrected chi connectivity index (χ0v) is 13.7. The number of carbonyl (C=O) groups is 1. The molecule has 0 bridgehead atoms. The third-order valence-electron chi connectivity index (χ3n) is 3.55. The smallest absolute Gasteiger partial charge is 0.317 e. The van der Waals surface area contributed by atoms with E-state index in [2.05, 4.69) is 5.32 Å². The summed E-state index contributed by atoms with van der Waals surface area (Å²) >= 11 is 0. The number of benzene rings is 2. The van der Waals surface area contributed by atoms with Crippen LogP contribution >= 0.6 is 0 Å². The van der Waals surface area contributed by atoms with Crippen molar-refractivity contribution >= 4 is 6.03 Å². The molecule has 0 heterocycles. The normalized spacial score (nSPS) is 10.3. The zero-order valence-electron chi connectivity index (χ0n) is 13.7. The summed E-state index contributed by atoms with van der Waals surface area (Å²) in [5, 5.41) is 2.71. The zero-order chi connectivity index (χ0) is 17.5. The number of nitrogens with zero attached hydrogens (tertiary/aromatic N) is 1. The molecular weight excluding hydrogens is 314 g/mol. The molecule has 0 saturated heterocycles. The van der Waals surface area contributed by atoms with Crippen molar-refractivity contribution in [2.75, 3.05) is 20.2 Å². The van der Waals surface area contributed by atoms with E-state index < -0.39 is 11.6 Å². The van der Waals surface area contributed by atoms with Gasteiger partial charge < -0.3 is 15.0 Å². The number of carbonyl (C=O) groups excluding carboxylic acids is 1. The van der Waals surface area contributed by atoms with Crippen molar-refractivity contribution < 1.29 is 18.3 Å². The Bertz CT molecular complexity index is 707. The van der Waals surface area contributed by atoms with E-state index in [1.54, 1.807) is 11.9 Å². The molecule has 2 amide bonds. The van der Waals surface area contributed by atoms with E-state index in [9.17, 15) is 13.6 Å². The number of aryl methyl sites for hydroxylation is 1.